The Kier molecular flexibility index (Phi) is 11.2. The zero-order chi connectivity index (χ0) is 33.0. The maximum atomic E-state index is 14.8. The maximum absolute atomic E-state index is 14.8. The average Bonchev–Trinajstić information content (AvgIpc) is 3.64. The molecule has 0 aromatic heterocycles. The lowest BCUT2D eigenvalue weighted by molar-refractivity contribution is -0.139. The molecule has 0 radical (unpaired) electrons. The Bertz CT molecular complexity index is 1460. The van der Waals surface area contributed by atoms with Crippen LogP contribution in [0.4, 0.5) is 11.4 Å². The molecule has 3 aliphatic heterocycles. The molecule has 3 unspecified atom stereocenters. The Balaban J connectivity index is 1.55. The average molecular weight is 731 g/mol. The van der Waals surface area contributed by atoms with Crippen molar-refractivity contribution in [2.24, 2.45) is 11.8 Å². The highest BCUT2D eigenvalue weighted by atomic mass is 79.9. The number of carbonyl (C=O) groups is 3. The third kappa shape index (κ3) is 6.25. The summed E-state index contributed by atoms with van der Waals surface area (Å²) in [5.74, 6) is -1.18. The molecule has 3 fully saturated rings. The second-order valence-electron chi connectivity index (χ2n) is 11.8. The first-order valence-corrected chi connectivity index (χ1v) is 18.0. The van der Waals surface area contributed by atoms with E-state index in [-0.39, 0.29) is 47.5 Å². The first kappa shape index (κ1) is 34.5. The van der Waals surface area contributed by atoms with E-state index in [1.54, 1.807) is 50.7 Å². The topological polar surface area (TPSA) is 90.4 Å². The summed E-state index contributed by atoms with van der Waals surface area (Å²) >= 11 is 12.1. The summed E-state index contributed by atoms with van der Waals surface area (Å²) in [6.07, 6.45) is 5.86. The van der Waals surface area contributed by atoms with Gasteiger partial charge >= 0.3 is 0 Å². The summed E-state index contributed by atoms with van der Waals surface area (Å²) in [7, 11) is 0. The number of nitrogens with zero attached hydrogens (tertiary/aromatic N) is 3. The van der Waals surface area contributed by atoms with Crippen molar-refractivity contribution in [2.75, 3.05) is 42.6 Å². The number of hydrogen-bond acceptors (Lipinski definition) is 6. The molecule has 2 aromatic rings. The smallest absolute Gasteiger partial charge is 0.251 e. The Morgan fingerprint density at radius 2 is 1.78 bits per heavy atom. The normalized spacial score (nSPS) is 26.1. The van der Waals surface area contributed by atoms with Gasteiger partial charge in [-0.1, -0.05) is 51.8 Å². The summed E-state index contributed by atoms with van der Waals surface area (Å²) in [4.78, 5) is 49.0. The van der Waals surface area contributed by atoms with Gasteiger partial charge in [-0.05, 0) is 69.0 Å². The van der Waals surface area contributed by atoms with Crippen LogP contribution >= 0.6 is 39.3 Å². The molecule has 0 saturated carbocycles. The second-order valence-corrected chi connectivity index (χ2v) is 15.0. The van der Waals surface area contributed by atoms with Crippen LogP contribution in [0.3, 0.4) is 0 Å². The number of alkyl halides is 1. The predicted molar refractivity (Wildman–Crippen MR) is 189 cm³/mol. The number of aliphatic hydroxyl groups is 1. The number of carbonyl (C=O) groups excluding carboxylic acids is 3. The van der Waals surface area contributed by atoms with Crippen molar-refractivity contribution in [3.63, 3.8) is 0 Å². The van der Waals surface area contributed by atoms with Crippen molar-refractivity contribution in [1.82, 2.24) is 4.90 Å². The van der Waals surface area contributed by atoms with Gasteiger partial charge in [-0.25, -0.2) is 0 Å². The van der Waals surface area contributed by atoms with Crippen LogP contribution in [0.2, 0.25) is 5.02 Å². The van der Waals surface area contributed by atoms with Gasteiger partial charge in [0, 0.05) is 42.0 Å². The molecule has 0 aliphatic carbocycles. The van der Waals surface area contributed by atoms with E-state index in [9.17, 15) is 19.5 Å². The van der Waals surface area contributed by atoms with Crippen molar-refractivity contribution in [3.05, 3.63) is 78.9 Å². The number of benzene rings is 2. The van der Waals surface area contributed by atoms with Gasteiger partial charge in [0.25, 0.3) is 5.91 Å². The van der Waals surface area contributed by atoms with E-state index in [0.29, 0.717) is 61.0 Å². The Labute approximate surface area is 288 Å². The molecule has 11 heteroatoms. The van der Waals surface area contributed by atoms with Gasteiger partial charge in [0.15, 0.2) is 0 Å². The fourth-order valence-corrected chi connectivity index (χ4v) is 11.1. The molecule has 246 valence electrons. The van der Waals surface area contributed by atoms with Gasteiger partial charge in [-0.15, -0.1) is 24.9 Å². The molecule has 1 spiro atoms. The van der Waals surface area contributed by atoms with Crippen LogP contribution in [0.1, 0.15) is 32.6 Å². The van der Waals surface area contributed by atoms with Crippen molar-refractivity contribution in [3.8, 4) is 5.75 Å². The van der Waals surface area contributed by atoms with Crippen molar-refractivity contribution in [2.45, 2.75) is 53.5 Å². The lowest BCUT2D eigenvalue weighted by atomic mass is 9.70. The van der Waals surface area contributed by atoms with Gasteiger partial charge in [0.1, 0.15) is 11.8 Å². The molecule has 6 atom stereocenters. The van der Waals surface area contributed by atoms with Crippen LogP contribution in [0.5, 0.6) is 5.75 Å². The van der Waals surface area contributed by atoms with Crippen molar-refractivity contribution < 1.29 is 24.2 Å². The molecular weight excluding hydrogens is 690 g/mol. The fourth-order valence-electron chi connectivity index (χ4n) is 7.28. The molecule has 3 aliphatic rings. The van der Waals surface area contributed by atoms with Crippen LogP contribution in [0, 0.1) is 11.8 Å². The number of amides is 3. The lowest BCUT2D eigenvalue weighted by Crippen LogP contribution is -2.56. The van der Waals surface area contributed by atoms with Gasteiger partial charge in [0.2, 0.25) is 11.8 Å². The molecule has 2 bridgehead atoms. The minimum absolute atomic E-state index is 0.0621. The highest BCUT2D eigenvalue weighted by molar-refractivity contribution is 9.09. The number of likely N-dealkylation sites (tertiary alicyclic amines) is 1. The van der Waals surface area contributed by atoms with Crippen LogP contribution in [0.25, 0.3) is 0 Å². The molecule has 8 nitrogen and oxygen atoms in total. The number of para-hydroxylation sites is 1. The molecule has 2 aromatic carbocycles. The van der Waals surface area contributed by atoms with Crippen molar-refractivity contribution >= 4 is 68.4 Å². The van der Waals surface area contributed by atoms with E-state index in [4.69, 9.17) is 16.3 Å². The van der Waals surface area contributed by atoms with Crippen LogP contribution in [0.15, 0.2) is 73.8 Å². The highest BCUT2D eigenvalue weighted by Gasteiger charge is 2.76. The molecular formula is C35H41BrClN3O5S. The van der Waals surface area contributed by atoms with E-state index < -0.39 is 22.6 Å². The minimum Gasteiger partial charge on any atom is -0.494 e. The number of thioether (sulfide) groups is 1. The molecule has 3 saturated heterocycles. The van der Waals surface area contributed by atoms with E-state index in [1.807, 2.05) is 43.3 Å². The number of rotatable bonds is 15. The van der Waals surface area contributed by atoms with Gasteiger partial charge in [-0.2, -0.15) is 0 Å². The number of hydrogen-bond donors (Lipinski definition) is 1. The summed E-state index contributed by atoms with van der Waals surface area (Å²) in [6, 6.07) is 13.7. The number of unbranched alkanes of at least 4 members (excludes halogenated alkanes) is 2. The monoisotopic (exact) mass is 729 g/mol. The number of fused-ring (bicyclic) bond motifs is 1. The summed E-state index contributed by atoms with van der Waals surface area (Å²) in [6.45, 7) is 11.1. The van der Waals surface area contributed by atoms with Gasteiger partial charge in [-0.3, -0.25) is 14.4 Å². The molecule has 5 rings (SSSR count). The third-order valence-corrected chi connectivity index (χ3v) is 12.7. The van der Waals surface area contributed by atoms with Crippen molar-refractivity contribution in [1.29, 1.82) is 0 Å². The summed E-state index contributed by atoms with van der Waals surface area (Å²) in [5, 5.41) is 9.61. The summed E-state index contributed by atoms with van der Waals surface area (Å²) < 4.78 is 4.79. The van der Waals surface area contributed by atoms with Gasteiger partial charge in [0.05, 0.1) is 33.9 Å². The molecule has 3 heterocycles. The predicted octanol–water partition coefficient (Wildman–Crippen LogP) is 6.10. The number of halogens is 2. The van der Waals surface area contributed by atoms with Crippen LogP contribution in [-0.2, 0) is 14.4 Å². The van der Waals surface area contributed by atoms with E-state index in [1.165, 1.54) is 0 Å². The SMILES string of the molecule is C=CCN(C(=O)[C@H]1[C@H]2C(=O)N(CCCCCO)C(C(=O)N(CC=C)c3ccccc3Cl)C23CC(Br)[C@@H]1S3)c1ccc(OCC)cc1. The van der Waals surface area contributed by atoms with E-state index >= 15 is 0 Å². The van der Waals surface area contributed by atoms with Gasteiger partial charge < -0.3 is 24.5 Å². The Morgan fingerprint density at radius 3 is 2.43 bits per heavy atom. The molecule has 1 N–H and O–H groups in total. The minimum atomic E-state index is -0.816. The highest BCUT2D eigenvalue weighted by Crippen LogP contribution is 2.68. The van der Waals surface area contributed by atoms with E-state index in [2.05, 4.69) is 29.1 Å². The first-order valence-electron chi connectivity index (χ1n) is 15.8. The largest absolute Gasteiger partial charge is 0.494 e. The zero-order valence-electron chi connectivity index (χ0n) is 26.0. The molecule has 3 amide bonds. The Hall–Kier alpha value is -2.79. The number of aliphatic hydroxyl groups excluding tert-OH is 1. The first-order chi connectivity index (χ1) is 22.2. The number of ether oxygens (including phenoxy) is 1. The number of anilines is 2. The van der Waals surface area contributed by atoms with Crippen LogP contribution < -0.4 is 14.5 Å². The lowest BCUT2D eigenvalue weighted by Gasteiger charge is -2.38. The quantitative estimate of drug-likeness (QED) is 0.135. The maximum Gasteiger partial charge on any atom is 0.251 e. The Morgan fingerprint density at radius 1 is 1.09 bits per heavy atom. The standard InChI is InChI=1S/C35H41BrClN3O5S/c1-4-18-38(23-14-16-24(17-15-23)45-6-3)32(42)28-29-33(43)40(20-10-7-11-21-41)31(35(29)22-25(36)30(28)46-35)34(44)39(19-5-2)27-13-9-8-12-26(27)37/h4-5,8-9,12-17,25,28-31,41H,1-2,6-7,10-11,18-22H2,3H3/t25?,28-,29-,30-,31?,35?/m0/s1. The fraction of sp³-hybridized carbons (Fsp3) is 0.457. The zero-order valence-corrected chi connectivity index (χ0v) is 29.2. The third-order valence-electron chi connectivity index (χ3n) is 9.12. The summed E-state index contributed by atoms with van der Waals surface area (Å²) in [5.41, 5.74) is 1.24. The second kappa shape index (κ2) is 15.0. The van der Waals surface area contributed by atoms with Crippen LogP contribution in [-0.4, -0.2) is 81.4 Å². The van der Waals surface area contributed by atoms with E-state index in [0.717, 1.165) is 0 Å². The molecule has 46 heavy (non-hydrogen) atoms.